The molecule has 0 saturated heterocycles. The first-order valence-electron chi connectivity index (χ1n) is 5.15. The zero-order valence-corrected chi connectivity index (χ0v) is 10.2. The summed E-state index contributed by atoms with van der Waals surface area (Å²) in [5.74, 6) is 0.606. The molecule has 4 N–H and O–H groups in total. The van der Waals surface area contributed by atoms with Crippen LogP contribution < -0.4 is 11.1 Å². The molecular weight excluding hydrogens is 212 g/mol. The molecule has 15 heavy (non-hydrogen) atoms. The van der Waals surface area contributed by atoms with Crippen LogP contribution in [-0.4, -0.2) is 41.7 Å². The van der Waals surface area contributed by atoms with Gasteiger partial charge in [0.15, 0.2) is 0 Å². The minimum atomic E-state index is -0.834. The van der Waals surface area contributed by atoms with Crippen LogP contribution in [0.15, 0.2) is 0 Å². The minimum Gasteiger partial charge on any atom is -0.387 e. The van der Waals surface area contributed by atoms with Crippen molar-refractivity contribution < 1.29 is 9.90 Å². The molecule has 4 nitrogen and oxygen atoms in total. The molecule has 88 valence electrons. The van der Waals surface area contributed by atoms with E-state index in [2.05, 4.69) is 5.32 Å². The maximum atomic E-state index is 11.7. The van der Waals surface area contributed by atoms with Crippen molar-refractivity contribution >= 4 is 17.7 Å². The molecule has 0 heterocycles. The molecule has 1 aliphatic carbocycles. The molecule has 1 fully saturated rings. The van der Waals surface area contributed by atoms with Gasteiger partial charge < -0.3 is 16.2 Å². The van der Waals surface area contributed by atoms with Gasteiger partial charge in [0.2, 0.25) is 5.91 Å². The van der Waals surface area contributed by atoms with E-state index >= 15 is 0 Å². The lowest BCUT2D eigenvalue weighted by Gasteiger charge is -2.24. The number of nitrogens with one attached hydrogen (secondary N) is 1. The molecule has 1 atom stereocenters. The Morgan fingerprint density at radius 2 is 2.27 bits per heavy atom. The second kappa shape index (κ2) is 4.72. The van der Waals surface area contributed by atoms with E-state index < -0.39 is 5.60 Å². The lowest BCUT2D eigenvalue weighted by atomic mass is 10.1. The first-order valence-corrected chi connectivity index (χ1v) is 6.55. The number of hydrogen-bond donors (Lipinski definition) is 3. The lowest BCUT2D eigenvalue weighted by molar-refractivity contribution is -0.126. The van der Waals surface area contributed by atoms with Gasteiger partial charge in [-0.3, -0.25) is 4.79 Å². The summed E-state index contributed by atoms with van der Waals surface area (Å²) in [6.07, 6.45) is 3.68. The van der Waals surface area contributed by atoms with Crippen molar-refractivity contribution in [3.8, 4) is 0 Å². The maximum absolute atomic E-state index is 11.7. The maximum Gasteiger partial charge on any atom is 0.227 e. The second-order valence-corrected chi connectivity index (χ2v) is 5.46. The summed E-state index contributed by atoms with van der Waals surface area (Å²) >= 11 is 1.56. The summed E-state index contributed by atoms with van der Waals surface area (Å²) in [4.78, 5) is 11.7. The van der Waals surface area contributed by atoms with Crippen LogP contribution in [0.1, 0.15) is 19.8 Å². The normalized spacial score (nSPS) is 21.9. The third-order valence-corrected chi connectivity index (χ3v) is 3.72. The van der Waals surface area contributed by atoms with Gasteiger partial charge in [-0.25, -0.2) is 0 Å². The topological polar surface area (TPSA) is 75.3 Å². The molecule has 1 unspecified atom stereocenters. The van der Waals surface area contributed by atoms with E-state index in [1.807, 2.05) is 6.26 Å². The van der Waals surface area contributed by atoms with Crippen molar-refractivity contribution in [2.45, 2.75) is 25.4 Å². The molecule has 0 spiro atoms. The lowest BCUT2D eigenvalue weighted by Crippen LogP contribution is -2.46. The third-order valence-electron chi connectivity index (χ3n) is 2.81. The van der Waals surface area contributed by atoms with Gasteiger partial charge in [0.1, 0.15) is 0 Å². The molecule has 0 radical (unpaired) electrons. The Balaban J connectivity index is 2.34. The molecule has 1 rings (SSSR count). The van der Waals surface area contributed by atoms with Crippen LogP contribution in [0, 0.1) is 5.41 Å². The van der Waals surface area contributed by atoms with Crippen LogP contribution in [0.3, 0.4) is 0 Å². The molecule has 0 aromatic rings. The van der Waals surface area contributed by atoms with Crippen LogP contribution >= 0.6 is 11.8 Å². The Kier molecular flexibility index (Phi) is 4.03. The van der Waals surface area contributed by atoms with Crippen molar-refractivity contribution in [1.29, 1.82) is 0 Å². The Bertz CT molecular complexity index is 240. The highest BCUT2D eigenvalue weighted by atomic mass is 32.2. The molecule has 5 heteroatoms. The van der Waals surface area contributed by atoms with E-state index in [9.17, 15) is 9.90 Å². The summed E-state index contributed by atoms with van der Waals surface area (Å²) in [5, 5.41) is 12.6. The number of thioether (sulfide) groups is 1. The monoisotopic (exact) mass is 232 g/mol. The van der Waals surface area contributed by atoms with Crippen LogP contribution in [0.25, 0.3) is 0 Å². The smallest absolute Gasteiger partial charge is 0.227 e. The summed E-state index contributed by atoms with van der Waals surface area (Å²) in [5.41, 5.74) is 4.38. The number of amides is 1. The fourth-order valence-corrected chi connectivity index (χ4v) is 2.22. The average Bonchev–Trinajstić information content (AvgIpc) is 2.95. The summed E-state index contributed by atoms with van der Waals surface area (Å²) in [7, 11) is 0. The number of nitrogens with two attached hydrogens (primary N) is 1. The number of carbonyl (C=O) groups excluding carboxylic acids is 1. The number of carbonyl (C=O) groups is 1. The van der Waals surface area contributed by atoms with E-state index in [0.29, 0.717) is 18.8 Å². The molecular formula is C10H20N2O2S. The summed E-state index contributed by atoms with van der Waals surface area (Å²) in [6, 6.07) is 0. The number of aliphatic hydroxyl groups is 1. The van der Waals surface area contributed by atoms with Gasteiger partial charge in [-0.2, -0.15) is 11.8 Å². The zero-order chi connectivity index (χ0) is 11.5. The highest BCUT2D eigenvalue weighted by molar-refractivity contribution is 7.98. The third kappa shape index (κ3) is 3.36. The Labute approximate surface area is 95.0 Å². The Morgan fingerprint density at radius 3 is 2.67 bits per heavy atom. The largest absolute Gasteiger partial charge is 0.387 e. The van der Waals surface area contributed by atoms with Crippen molar-refractivity contribution in [2.75, 3.05) is 25.1 Å². The standard InChI is InChI=1S/C10H20N2O2S/c1-9(14,7-15-2)6-12-8(13)10(5-11)3-4-10/h14H,3-7,11H2,1-2H3,(H,12,13). The van der Waals surface area contributed by atoms with Gasteiger partial charge in [0, 0.05) is 18.8 Å². The van der Waals surface area contributed by atoms with Crippen molar-refractivity contribution in [3.05, 3.63) is 0 Å². The summed E-state index contributed by atoms with van der Waals surface area (Å²) in [6.45, 7) is 2.43. The van der Waals surface area contributed by atoms with Gasteiger partial charge in [0.25, 0.3) is 0 Å². The van der Waals surface area contributed by atoms with E-state index in [0.717, 1.165) is 12.8 Å². The first kappa shape index (κ1) is 12.8. The fourth-order valence-electron chi connectivity index (χ4n) is 1.49. The van der Waals surface area contributed by atoms with Crippen molar-refractivity contribution in [2.24, 2.45) is 11.1 Å². The van der Waals surface area contributed by atoms with Crippen LogP contribution in [0.4, 0.5) is 0 Å². The molecule has 1 amide bonds. The first-order chi connectivity index (χ1) is 6.96. The predicted molar refractivity (Wildman–Crippen MR) is 62.7 cm³/mol. The molecule has 0 aromatic heterocycles. The molecule has 1 saturated carbocycles. The van der Waals surface area contributed by atoms with Gasteiger partial charge >= 0.3 is 0 Å². The van der Waals surface area contributed by atoms with E-state index in [4.69, 9.17) is 5.73 Å². The fraction of sp³-hybridized carbons (Fsp3) is 0.900. The Morgan fingerprint density at radius 1 is 1.67 bits per heavy atom. The van der Waals surface area contributed by atoms with E-state index in [1.165, 1.54) is 0 Å². The van der Waals surface area contributed by atoms with Gasteiger partial charge in [-0.15, -0.1) is 0 Å². The molecule has 0 bridgehead atoms. The van der Waals surface area contributed by atoms with E-state index in [1.54, 1.807) is 18.7 Å². The molecule has 0 aromatic carbocycles. The zero-order valence-electron chi connectivity index (χ0n) is 9.38. The van der Waals surface area contributed by atoms with Gasteiger partial charge in [-0.05, 0) is 26.0 Å². The highest BCUT2D eigenvalue weighted by Crippen LogP contribution is 2.44. The number of hydrogen-bond acceptors (Lipinski definition) is 4. The molecule has 1 aliphatic rings. The van der Waals surface area contributed by atoms with Crippen molar-refractivity contribution in [1.82, 2.24) is 5.32 Å². The highest BCUT2D eigenvalue weighted by Gasteiger charge is 2.48. The van der Waals surface area contributed by atoms with Crippen LogP contribution in [0.5, 0.6) is 0 Å². The predicted octanol–water partition coefficient (Wildman–Crippen LogP) is -0.0445. The molecule has 0 aliphatic heterocycles. The van der Waals surface area contributed by atoms with E-state index in [-0.39, 0.29) is 11.3 Å². The average molecular weight is 232 g/mol. The Hall–Kier alpha value is -0.260. The van der Waals surface area contributed by atoms with Crippen LogP contribution in [0.2, 0.25) is 0 Å². The van der Waals surface area contributed by atoms with Crippen LogP contribution in [-0.2, 0) is 4.79 Å². The summed E-state index contributed by atoms with van der Waals surface area (Å²) < 4.78 is 0. The van der Waals surface area contributed by atoms with Gasteiger partial charge in [-0.1, -0.05) is 0 Å². The quantitative estimate of drug-likeness (QED) is 0.600. The van der Waals surface area contributed by atoms with Crippen molar-refractivity contribution in [3.63, 3.8) is 0 Å². The SMILES string of the molecule is CSCC(C)(O)CNC(=O)C1(CN)CC1. The second-order valence-electron chi connectivity index (χ2n) is 4.60. The van der Waals surface area contributed by atoms with Gasteiger partial charge in [0.05, 0.1) is 11.0 Å². The minimum absolute atomic E-state index is 0.00798. The number of rotatable bonds is 6.